The summed E-state index contributed by atoms with van der Waals surface area (Å²) in [7, 11) is 0. The number of nitrogens with one attached hydrogen (secondary N) is 1. The smallest absolute Gasteiger partial charge is 0.326 e. The summed E-state index contributed by atoms with van der Waals surface area (Å²) in [6, 6.07) is 7.33. The highest BCUT2D eigenvalue weighted by molar-refractivity contribution is 5.85. The molecule has 2 N–H and O–H groups in total. The number of fused-ring (bicyclic) bond motifs is 1. The zero-order valence-corrected chi connectivity index (χ0v) is 15.8. The molecule has 1 aliphatic heterocycles. The number of amides is 2. The number of aliphatic carboxylic acids is 1. The number of nitrogens with zero attached hydrogens (tertiary/aromatic N) is 1. The Balaban J connectivity index is 1.61. The van der Waals surface area contributed by atoms with Gasteiger partial charge in [0.1, 0.15) is 6.04 Å². The minimum absolute atomic E-state index is 0.0215. The van der Waals surface area contributed by atoms with Crippen LogP contribution < -0.4 is 5.32 Å². The lowest BCUT2D eigenvalue weighted by Gasteiger charge is -2.32. The van der Waals surface area contributed by atoms with Crippen LogP contribution in [-0.4, -0.2) is 46.9 Å². The van der Waals surface area contributed by atoms with Gasteiger partial charge in [0.2, 0.25) is 11.8 Å². The number of piperidine rings is 1. The molecule has 0 spiro atoms. The van der Waals surface area contributed by atoms with Crippen LogP contribution in [-0.2, 0) is 20.8 Å². The number of carboxylic acid groups (broad SMARTS) is 1. The van der Waals surface area contributed by atoms with Crippen molar-refractivity contribution >= 4 is 17.8 Å². The lowest BCUT2D eigenvalue weighted by molar-refractivity contribution is -0.143. The summed E-state index contributed by atoms with van der Waals surface area (Å²) < 4.78 is 0. The van der Waals surface area contributed by atoms with Gasteiger partial charge in [0.15, 0.2) is 0 Å². The number of hydrogen-bond donors (Lipinski definition) is 2. The molecular formula is C21H28N2O4. The zero-order valence-electron chi connectivity index (χ0n) is 15.8. The predicted octanol–water partition coefficient (Wildman–Crippen LogP) is 2.32. The van der Waals surface area contributed by atoms with Gasteiger partial charge in [-0.3, -0.25) is 9.59 Å². The fourth-order valence-electron chi connectivity index (χ4n) is 4.35. The second-order valence-electron chi connectivity index (χ2n) is 7.70. The van der Waals surface area contributed by atoms with Gasteiger partial charge >= 0.3 is 5.97 Å². The van der Waals surface area contributed by atoms with Crippen LogP contribution in [0, 0.1) is 5.92 Å². The number of carbonyl (C=O) groups excluding carboxylic acids is 2. The summed E-state index contributed by atoms with van der Waals surface area (Å²) in [4.78, 5) is 37.5. The van der Waals surface area contributed by atoms with E-state index in [4.69, 9.17) is 0 Å². The lowest BCUT2D eigenvalue weighted by Crippen LogP contribution is -2.47. The van der Waals surface area contributed by atoms with Gasteiger partial charge in [0.25, 0.3) is 0 Å². The first-order valence-corrected chi connectivity index (χ1v) is 9.82. The first-order chi connectivity index (χ1) is 13.0. The predicted molar refractivity (Wildman–Crippen MR) is 101 cm³/mol. The molecule has 146 valence electrons. The van der Waals surface area contributed by atoms with Crippen molar-refractivity contribution in [3.63, 3.8) is 0 Å². The summed E-state index contributed by atoms with van der Waals surface area (Å²) in [6.07, 6.45) is 4.63. The molecular weight excluding hydrogens is 344 g/mol. The van der Waals surface area contributed by atoms with E-state index in [2.05, 4.69) is 17.4 Å². The van der Waals surface area contributed by atoms with E-state index < -0.39 is 12.0 Å². The van der Waals surface area contributed by atoms with Crippen molar-refractivity contribution in [1.82, 2.24) is 10.2 Å². The van der Waals surface area contributed by atoms with Crippen LogP contribution in [0.2, 0.25) is 0 Å². The SMILES string of the molecule is CC(=O)N1CCC(C(=O)NC(CC2CCCc3ccccc32)C(=O)O)CC1. The molecule has 2 unspecified atom stereocenters. The van der Waals surface area contributed by atoms with Crippen LogP contribution in [0.25, 0.3) is 0 Å². The van der Waals surface area contributed by atoms with Crippen LogP contribution in [0.4, 0.5) is 0 Å². The van der Waals surface area contributed by atoms with E-state index in [-0.39, 0.29) is 23.7 Å². The summed E-state index contributed by atoms with van der Waals surface area (Å²) in [5.74, 6) is -1.22. The summed E-state index contributed by atoms with van der Waals surface area (Å²) in [6.45, 7) is 2.64. The normalized spacial score (nSPS) is 21.2. The molecule has 2 amide bonds. The number of hydrogen-bond acceptors (Lipinski definition) is 3. The van der Waals surface area contributed by atoms with E-state index in [1.807, 2.05) is 12.1 Å². The molecule has 2 atom stereocenters. The highest BCUT2D eigenvalue weighted by atomic mass is 16.4. The van der Waals surface area contributed by atoms with Gasteiger partial charge in [-0.05, 0) is 55.6 Å². The fourth-order valence-corrected chi connectivity index (χ4v) is 4.35. The van der Waals surface area contributed by atoms with E-state index in [0.29, 0.717) is 32.4 Å². The molecule has 6 nitrogen and oxygen atoms in total. The third kappa shape index (κ3) is 4.67. The van der Waals surface area contributed by atoms with Gasteiger partial charge in [-0.2, -0.15) is 0 Å². The third-order valence-corrected chi connectivity index (χ3v) is 5.94. The van der Waals surface area contributed by atoms with Crippen molar-refractivity contribution < 1.29 is 19.5 Å². The number of benzene rings is 1. The van der Waals surface area contributed by atoms with Gasteiger partial charge < -0.3 is 15.3 Å². The highest BCUT2D eigenvalue weighted by Crippen LogP contribution is 2.34. The molecule has 2 aliphatic rings. The maximum atomic E-state index is 12.6. The summed E-state index contributed by atoms with van der Waals surface area (Å²) in [5, 5.41) is 12.4. The molecule has 1 saturated heterocycles. The average molecular weight is 372 g/mol. The van der Waals surface area contributed by atoms with Gasteiger partial charge in [0.05, 0.1) is 0 Å². The topological polar surface area (TPSA) is 86.7 Å². The molecule has 0 aromatic heterocycles. The monoisotopic (exact) mass is 372 g/mol. The second kappa shape index (κ2) is 8.55. The van der Waals surface area contributed by atoms with E-state index in [9.17, 15) is 19.5 Å². The largest absolute Gasteiger partial charge is 0.480 e. The minimum Gasteiger partial charge on any atom is -0.480 e. The molecule has 1 heterocycles. The van der Waals surface area contributed by atoms with Crippen LogP contribution in [0.15, 0.2) is 24.3 Å². The van der Waals surface area contributed by atoms with E-state index in [1.165, 1.54) is 18.1 Å². The van der Waals surface area contributed by atoms with Crippen LogP contribution >= 0.6 is 0 Å². The van der Waals surface area contributed by atoms with Gasteiger partial charge in [0, 0.05) is 25.9 Å². The second-order valence-corrected chi connectivity index (χ2v) is 7.70. The number of rotatable bonds is 5. The number of likely N-dealkylation sites (tertiary alicyclic amines) is 1. The third-order valence-electron chi connectivity index (χ3n) is 5.94. The lowest BCUT2D eigenvalue weighted by atomic mass is 9.79. The molecule has 27 heavy (non-hydrogen) atoms. The van der Waals surface area contributed by atoms with Crippen molar-refractivity contribution in [2.45, 2.75) is 57.4 Å². The number of aryl methyl sites for hydroxylation is 1. The van der Waals surface area contributed by atoms with Crippen molar-refractivity contribution in [2.75, 3.05) is 13.1 Å². The Morgan fingerprint density at radius 2 is 1.89 bits per heavy atom. The van der Waals surface area contributed by atoms with Gasteiger partial charge in [-0.25, -0.2) is 4.79 Å². The molecule has 6 heteroatoms. The Labute approximate surface area is 159 Å². The van der Waals surface area contributed by atoms with E-state index >= 15 is 0 Å². The maximum Gasteiger partial charge on any atom is 0.326 e. The Morgan fingerprint density at radius 3 is 2.56 bits per heavy atom. The molecule has 1 aromatic rings. The van der Waals surface area contributed by atoms with Gasteiger partial charge in [-0.1, -0.05) is 24.3 Å². The number of carboxylic acids is 1. The summed E-state index contributed by atoms with van der Waals surface area (Å²) in [5.41, 5.74) is 2.51. The zero-order chi connectivity index (χ0) is 19.4. The standard InChI is InChI=1S/C21H28N2O4/c1-14(24)23-11-9-16(10-12-23)20(25)22-19(21(26)27)13-17-7-4-6-15-5-2-3-8-18(15)17/h2-3,5,8,16-17,19H,4,6-7,9-13H2,1H3,(H,22,25)(H,26,27). The van der Waals surface area contributed by atoms with Crippen LogP contribution in [0.1, 0.15) is 56.1 Å². The summed E-state index contributed by atoms with van der Waals surface area (Å²) >= 11 is 0. The molecule has 0 saturated carbocycles. The van der Waals surface area contributed by atoms with E-state index in [0.717, 1.165) is 19.3 Å². The molecule has 3 rings (SSSR count). The molecule has 1 aliphatic carbocycles. The van der Waals surface area contributed by atoms with Crippen molar-refractivity contribution in [1.29, 1.82) is 0 Å². The minimum atomic E-state index is -0.979. The van der Waals surface area contributed by atoms with Crippen molar-refractivity contribution in [3.8, 4) is 0 Å². The van der Waals surface area contributed by atoms with Crippen molar-refractivity contribution in [2.24, 2.45) is 5.92 Å². The Morgan fingerprint density at radius 1 is 1.19 bits per heavy atom. The Kier molecular flexibility index (Phi) is 6.14. The highest BCUT2D eigenvalue weighted by Gasteiger charge is 2.31. The molecule has 0 radical (unpaired) electrons. The number of carbonyl (C=O) groups is 3. The van der Waals surface area contributed by atoms with E-state index in [1.54, 1.807) is 4.90 Å². The Bertz CT molecular complexity index is 710. The van der Waals surface area contributed by atoms with Crippen LogP contribution in [0.3, 0.4) is 0 Å². The molecule has 0 bridgehead atoms. The quantitative estimate of drug-likeness (QED) is 0.830. The first-order valence-electron chi connectivity index (χ1n) is 9.82. The first kappa shape index (κ1) is 19.4. The molecule has 1 fully saturated rings. The van der Waals surface area contributed by atoms with Crippen molar-refractivity contribution in [3.05, 3.63) is 35.4 Å². The maximum absolute atomic E-state index is 12.6. The molecule has 1 aromatic carbocycles. The average Bonchev–Trinajstić information content (AvgIpc) is 2.67. The Hall–Kier alpha value is -2.37. The fraction of sp³-hybridized carbons (Fsp3) is 0.571. The van der Waals surface area contributed by atoms with Crippen LogP contribution in [0.5, 0.6) is 0 Å². The van der Waals surface area contributed by atoms with Gasteiger partial charge in [-0.15, -0.1) is 0 Å².